The molecule has 0 aliphatic heterocycles. The van der Waals surface area contributed by atoms with E-state index in [0.717, 1.165) is 6.07 Å². The third kappa shape index (κ3) is 2.35. The van der Waals surface area contributed by atoms with Crippen molar-refractivity contribution in [1.29, 1.82) is 0 Å². The third-order valence-corrected chi connectivity index (χ3v) is 2.31. The van der Waals surface area contributed by atoms with Crippen LogP contribution in [0.1, 0.15) is 5.56 Å². The van der Waals surface area contributed by atoms with E-state index in [2.05, 4.69) is 20.7 Å². The maximum atomic E-state index is 13.5. The summed E-state index contributed by atoms with van der Waals surface area (Å²) in [6.07, 6.45) is 1.52. The monoisotopic (exact) mass is 251 g/mol. The van der Waals surface area contributed by atoms with Gasteiger partial charge in [0, 0.05) is 11.8 Å². The van der Waals surface area contributed by atoms with E-state index in [1.54, 1.807) is 6.92 Å². The Kier molecular flexibility index (Phi) is 3.33. The predicted octanol–water partition coefficient (Wildman–Crippen LogP) is 2.09. The number of nitrogens with two attached hydrogens (primary N) is 1. The van der Waals surface area contributed by atoms with Gasteiger partial charge < -0.3 is 5.32 Å². The topological polar surface area (TPSA) is 75.9 Å². The van der Waals surface area contributed by atoms with Crippen molar-refractivity contribution >= 4 is 17.5 Å². The molecule has 0 unspecified atom stereocenters. The van der Waals surface area contributed by atoms with Gasteiger partial charge in [0.1, 0.15) is 5.82 Å². The zero-order valence-corrected chi connectivity index (χ0v) is 9.54. The molecule has 0 amide bonds. The second-order valence-electron chi connectivity index (χ2n) is 3.60. The van der Waals surface area contributed by atoms with Gasteiger partial charge in [-0.25, -0.2) is 19.6 Å². The second-order valence-corrected chi connectivity index (χ2v) is 3.60. The lowest BCUT2D eigenvalue weighted by atomic mass is 10.2. The number of nitrogens with one attached hydrogen (secondary N) is 2. The molecule has 5 nitrogen and oxygen atoms in total. The molecule has 0 radical (unpaired) electrons. The molecule has 0 aliphatic carbocycles. The van der Waals surface area contributed by atoms with Crippen LogP contribution in [-0.4, -0.2) is 9.97 Å². The molecule has 1 aromatic carbocycles. The summed E-state index contributed by atoms with van der Waals surface area (Å²) in [5.74, 6) is 3.82. The number of hydrazine groups is 1. The molecule has 0 fully saturated rings. The van der Waals surface area contributed by atoms with E-state index in [-0.39, 0.29) is 11.6 Å². The molecular formula is C11H11F2N5. The average molecular weight is 251 g/mol. The number of aromatic nitrogens is 2. The van der Waals surface area contributed by atoms with Gasteiger partial charge in [0.15, 0.2) is 11.6 Å². The van der Waals surface area contributed by atoms with Gasteiger partial charge >= 0.3 is 0 Å². The number of benzene rings is 1. The molecule has 2 rings (SSSR count). The van der Waals surface area contributed by atoms with Crippen molar-refractivity contribution in [3.05, 3.63) is 41.6 Å². The Morgan fingerprint density at radius 1 is 1.28 bits per heavy atom. The number of anilines is 3. The molecule has 7 heteroatoms. The fourth-order valence-corrected chi connectivity index (χ4v) is 1.37. The Morgan fingerprint density at radius 3 is 2.78 bits per heavy atom. The van der Waals surface area contributed by atoms with Crippen molar-refractivity contribution < 1.29 is 8.78 Å². The summed E-state index contributed by atoms with van der Waals surface area (Å²) in [6.45, 7) is 1.74. The molecule has 0 aliphatic rings. The first kappa shape index (κ1) is 12.2. The van der Waals surface area contributed by atoms with E-state index in [9.17, 15) is 8.78 Å². The van der Waals surface area contributed by atoms with E-state index in [4.69, 9.17) is 5.84 Å². The molecule has 0 bridgehead atoms. The molecular weight excluding hydrogens is 240 g/mol. The zero-order chi connectivity index (χ0) is 13.1. The highest BCUT2D eigenvalue weighted by Gasteiger charge is 2.10. The molecule has 1 heterocycles. The predicted molar refractivity (Wildman–Crippen MR) is 64.2 cm³/mol. The maximum Gasteiger partial charge on any atom is 0.239 e. The Morgan fingerprint density at radius 2 is 2.06 bits per heavy atom. The van der Waals surface area contributed by atoms with Crippen molar-refractivity contribution in [1.82, 2.24) is 9.97 Å². The van der Waals surface area contributed by atoms with Crippen molar-refractivity contribution in [3.8, 4) is 0 Å². The number of halogens is 2. The van der Waals surface area contributed by atoms with Gasteiger partial charge in [-0.2, -0.15) is 4.98 Å². The fourth-order valence-electron chi connectivity index (χ4n) is 1.37. The number of nitrogen functional groups attached to an aromatic ring is 1. The first-order chi connectivity index (χ1) is 8.61. The van der Waals surface area contributed by atoms with Crippen LogP contribution in [0.5, 0.6) is 0 Å². The molecule has 94 valence electrons. The Bertz CT molecular complexity index is 573. The summed E-state index contributed by atoms with van der Waals surface area (Å²) in [5, 5.41) is 2.69. The molecule has 0 atom stereocenters. The van der Waals surface area contributed by atoms with Crippen molar-refractivity contribution in [2.75, 3.05) is 10.7 Å². The van der Waals surface area contributed by atoms with Gasteiger partial charge in [-0.1, -0.05) is 6.07 Å². The van der Waals surface area contributed by atoms with E-state index in [0.29, 0.717) is 11.4 Å². The molecule has 18 heavy (non-hydrogen) atoms. The minimum absolute atomic E-state index is 0.000212. The normalized spacial score (nSPS) is 10.2. The van der Waals surface area contributed by atoms with Crippen LogP contribution in [0.3, 0.4) is 0 Å². The molecule has 4 N–H and O–H groups in total. The summed E-state index contributed by atoms with van der Waals surface area (Å²) in [7, 11) is 0. The molecule has 2 aromatic rings. The number of rotatable bonds is 3. The van der Waals surface area contributed by atoms with Gasteiger partial charge in [0.25, 0.3) is 0 Å². The van der Waals surface area contributed by atoms with Crippen LogP contribution in [0.15, 0.2) is 24.4 Å². The molecule has 0 saturated heterocycles. The lowest BCUT2D eigenvalue weighted by Gasteiger charge is -2.10. The van der Waals surface area contributed by atoms with Crippen molar-refractivity contribution in [2.24, 2.45) is 5.84 Å². The third-order valence-electron chi connectivity index (χ3n) is 2.31. The minimum Gasteiger partial charge on any atom is -0.337 e. The van der Waals surface area contributed by atoms with Crippen LogP contribution in [0.25, 0.3) is 0 Å². The number of hydrogen-bond acceptors (Lipinski definition) is 5. The standard InChI is InChI=1S/C11H11F2N5/c1-6-5-15-11(18-14)17-10(6)16-8-4-2-3-7(12)9(8)13/h2-5H,14H2,1H3,(H2,15,16,17,18). The second kappa shape index (κ2) is 4.92. The Hall–Kier alpha value is -2.28. The van der Waals surface area contributed by atoms with E-state index >= 15 is 0 Å². The van der Waals surface area contributed by atoms with Gasteiger partial charge in [-0.3, -0.25) is 5.43 Å². The van der Waals surface area contributed by atoms with Crippen molar-refractivity contribution in [2.45, 2.75) is 6.92 Å². The van der Waals surface area contributed by atoms with Gasteiger partial charge in [-0.05, 0) is 19.1 Å². The van der Waals surface area contributed by atoms with Gasteiger partial charge in [0.2, 0.25) is 5.95 Å². The first-order valence-corrected chi connectivity index (χ1v) is 5.13. The largest absolute Gasteiger partial charge is 0.337 e. The quantitative estimate of drug-likeness (QED) is 0.575. The van der Waals surface area contributed by atoms with E-state index in [1.165, 1.54) is 18.3 Å². The smallest absolute Gasteiger partial charge is 0.239 e. The van der Waals surface area contributed by atoms with Crippen LogP contribution in [0, 0.1) is 18.6 Å². The Labute approximate surface area is 102 Å². The van der Waals surface area contributed by atoms with Crippen LogP contribution >= 0.6 is 0 Å². The molecule has 0 saturated carbocycles. The number of aryl methyl sites for hydroxylation is 1. The molecule has 0 spiro atoms. The summed E-state index contributed by atoms with van der Waals surface area (Å²) >= 11 is 0. The lowest BCUT2D eigenvalue weighted by molar-refractivity contribution is 0.511. The van der Waals surface area contributed by atoms with Crippen LogP contribution in [0.2, 0.25) is 0 Å². The fraction of sp³-hybridized carbons (Fsp3) is 0.0909. The molecule has 1 aromatic heterocycles. The van der Waals surface area contributed by atoms with E-state index in [1.807, 2.05) is 0 Å². The van der Waals surface area contributed by atoms with Crippen LogP contribution < -0.4 is 16.6 Å². The summed E-state index contributed by atoms with van der Waals surface area (Å²) < 4.78 is 26.5. The van der Waals surface area contributed by atoms with Gasteiger partial charge in [-0.15, -0.1) is 0 Å². The maximum absolute atomic E-state index is 13.5. The highest BCUT2D eigenvalue weighted by molar-refractivity contribution is 5.60. The van der Waals surface area contributed by atoms with Crippen LogP contribution in [-0.2, 0) is 0 Å². The highest BCUT2D eigenvalue weighted by atomic mass is 19.2. The number of hydrogen-bond donors (Lipinski definition) is 3. The lowest BCUT2D eigenvalue weighted by Crippen LogP contribution is -2.12. The van der Waals surface area contributed by atoms with Gasteiger partial charge in [0.05, 0.1) is 5.69 Å². The minimum atomic E-state index is -0.960. The van der Waals surface area contributed by atoms with Crippen molar-refractivity contribution in [3.63, 3.8) is 0 Å². The SMILES string of the molecule is Cc1cnc(NN)nc1Nc1cccc(F)c1F. The zero-order valence-electron chi connectivity index (χ0n) is 9.54. The summed E-state index contributed by atoms with van der Waals surface area (Å²) in [4.78, 5) is 7.89. The average Bonchev–Trinajstić information content (AvgIpc) is 2.37. The summed E-state index contributed by atoms with van der Waals surface area (Å²) in [5.41, 5.74) is 2.95. The highest BCUT2D eigenvalue weighted by Crippen LogP contribution is 2.22. The number of nitrogens with zero attached hydrogens (tertiary/aromatic N) is 2. The Balaban J connectivity index is 2.36. The van der Waals surface area contributed by atoms with Crippen LogP contribution in [0.4, 0.5) is 26.2 Å². The first-order valence-electron chi connectivity index (χ1n) is 5.13. The van der Waals surface area contributed by atoms with E-state index < -0.39 is 11.6 Å². The summed E-state index contributed by atoms with van der Waals surface area (Å²) in [6, 6.07) is 3.86.